The Kier molecular flexibility index (Phi) is 5.27. The van der Waals surface area contributed by atoms with Gasteiger partial charge >= 0.3 is 0 Å². The number of aryl methyl sites for hydroxylation is 2. The average molecular weight is 389 g/mol. The molecule has 2 aromatic rings. The zero-order valence-electron chi connectivity index (χ0n) is 17.0. The Morgan fingerprint density at radius 1 is 0.931 bits per heavy atom. The van der Waals surface area contributed by atoms with Crippen LogP contribution in [-0.2, 0) is 9.59 Å². The fourth-order valence-electron chi connectivity index (χ4n) is 4.65. The molecule has 2 fully saturated rings. The summed E-state index contributed by atoms with van der Waals surface area (Å²) in [5.41, 5.74) is 3.76. The normalized spacial score (nSPS) is 22.3. The molecule has 1 saturated heterocycles. The molecule has 29 heavy (non-hydrogen) atoms. The standard InChI is InChI=1S/C25H27NO3/c1-16-12-14-18(15-13-16)23(27)21-22(20-11-7-6-8-17(20)2)26(25(29)24(21)28)19-9-4-3-5-10-19/h6-8,11-15,19,22,27H,3-5,9-10H2,1-2H3/b23-21-. The summed E-state index contributed by atoms with van der Waals surface area (Å²) >= 11 is 0. The second-order valence-electron chi connectivity index (χ2n) is 8.22. The summed E-state index contributed by atoms with van der Waals surface area (Å²) in [6, 6.07) is 14.7. The largest absolute Gasteiger partial charge is 0.507 e. The van der Waals surface area contributed by atoms with Crippen molar-refractivity contribution < 1.29 is 14.7 Å². The van der Waals surface area contributed by atoms with Crippen molar-refractivity contribution in [3.63, 3.8) is 0 Å². The Morgan fingerprint density at radius 2 is 1.59 bits per heavy atom. The number of carbonyl (C=O) groups excluding carboxylic acids is 2. The van der Waals surface area contributed by atoms with Crippen molar-refractivity contribution in [1.29, 1.82) is 0 Å². The highest BCUT2D eigenvalue weighted by atomic mass is 16.3. The molecule has 4 rings (SSSR count). The number of aliphatic hydroxyl groups excluding tert-OH is 1. The molecule has 0 bridgehead atoms. The maximum absolute atomic E-state index is 13.1. The van der Waals surface area contributed by atoms with Crippen LogP contribution in [0.4, 0.5) is 0 Å². The van der Waals surface area contributed by atoms with Crippen LogP contribution < -0.4 is 0 Å². The van der Waals surface area contributed by atoms with Gasteiger partial charge in [-0.15, -0.1) is 0 Å². The van der Waals surface area contributed by atoms with E-state index in [1.165, 1.54) is 6.42 Å². The molecule has 1 atom stereocenters. The van der Waals surface area contributed by atoms with Crippen LogP contribution in [0.25, 0.3) is 5.76 Å². The topological polar surface area (TPSA) is 57.6 Å². The summed E-state index contributed by atoms with van der Waals surface area (Å²) in [5, 5.41) is 11.1. The van der Waals surface area contributed by atoms with Gasteiger partial charge in [0.05, 0.1) is 11.6 Å². The number of carbonyl (C=O) groups is 2. The minimum Gasteiger partial charge on any atom is -0.507 e. The molecule has 2 aliphatic rings. The lowest BCUT2D eigenvalue weighted by Gasteiger charge is -2.36. The first-order valence-electron chi connectivity index (χ1n) is 10.4. The van der Waals surface area contributed by atoms with E-state index in [4.69, 9.17) is 0 Å². The molecule has 4 heteroatoms. The first kappa shape index (κ1) is 19.4. The van der Waals surface area contributed by atoms with Crippen LogP contribution in [0.2, 0.25) is 0 Å². The number of likely N-dealkylation sites (tertiary alicyclic amines) is 1. The van der Waals surface area contributed by atoms with E-state index in [1.807, 2.05) is 50.2 Å². The first-order valence-corrected chi connectivity index (χ1v) is 10.4. The quantitative estimate of drug-likeness (QED) is 0.454. The van der Waals surface area contributed by atoms with E-state index in [9.17, 15) is 14.7 Å². The fraction of sp³-hybridized carbons (Fsp3) is 0.360. The molecule has 0 aromatic heterocycles. The highest BCUT2D eigenvalue weighted by molar-refractivity contribution is 6.46. The van der Waals surface area contributed by atoms with Crippen molar-refractivity contribution in [2.24, 2.45) is 0 Å². The van der Waals surface area contributed by atoms with Crippen LogP contribution in [0.1, 0.15) is 60.4 Å². The van der Waals surface area contributed by atoms with Gasteiger partial charge in [-0.2, -0.15) is 0 Å². The number of hydrogen-bond donors (Lipinski definition) is 1. The van der Waals surface area contributed by atoms with Crippen LogP contribution in [0.15, 0.2) is 54.1 Å². The van der Waals surface area contributed by atoms with Gasteiger partial charge in [0.1, 0.15) is 5.76 Å². The molecule has 1 aliphatic carbocycles. The molecular weight excluding hydrogens is 362 g/mol. The molecule has 1 heterocycles. The van der Waals surface area contributed by atoms with Gasteiger partial charge in [-0.25, -0.2) is 0 Å². The number of ketones is 1. The van der Waals surface area contributed by atoms with Crippen LogP contribution in [-0.4, -0.2) is 27.7 Å². The molecule has 1 unspecified atom stereocenters. The van der Waals surface area contributed by atoms with Crippen molar-refractivity contribution in [3.05, 3.63) is 76.4 Å². The number of Topliss-reactive ketones (excluding diaryl/α,β-unsaturated/α-hetero) is 1. The third-order valence-electron chi connectivity index (χ3n) is 6.26. The van der Waals surface area contributed by atoms with Gasteiger partial charge in [-0.05, 0) is 37.8 Å². The number of aliphatic hydroxyl groups is 1. The Hall–Kier alpha value is -2.88. The minimum atomic E-state index is -0.582. The molecule has 150 valence electrons. The molecular formula is C25H27NO3. The lowest BCUT2D eigenvalue weighted by Crippen LogP contribution is -2.40. The molecule has 2 aromatic carbocycles. The van der Waals surface area contributed by atoms with Gasteiger partial charge in [0, 0.05) is 11.6 Å². The molecule has 0 radical (unpaired) electrons. The molecule has 4 nitrogen and oxygen atoms in total. The molecule has 1 saturated carbocycles. The summed E-state index contributed by atoms with van der Waals surface area (Å²) in [5.74, 6) is -1.16. The number of nitrogens with zero attached hydrogens (tertiary/aromatic N) is 1. The van der Waals surface area contributed by atoms with E-state index < -0.39 is 17.7 Å². The summed E-state index contributed by atoms with van der Waals surface area (Å²) in [4.78, 5) is 28.0. The molecule has 0 spiro atoms. The van der Waals surface area contributed by atoms with Crippen LogP contribution in [0.5, 0.6) is 0 Å². The van der Waals surface area contributed by atoms with Crippen LogP contribution >= 0.6 is 0 Å². The Labute approximate surface area is 171 Å². The number of hydrogen-bond acceptors (Lipinski definition) is 3. The third kappa shape index (κ3) is 3.48. The average Bonchev–Trinajstić information content (AvgIpc) is 3.00. The van der Waals surface area contributed by atoms with Crippen molar-refractivity contribution in [1.82, 2.24) is 4.90 Å². The molecule has 1 amide bonds. The summed E-state index contributed by atoms with van der Waals surface area (Å²) in [6.45, 7) is 3.96. The maximum atomic E-state index is 13.1. The predicted octanol–water partition coefficient (Wildman–Crippen LogP) is 5.06. The van der Waals surface area contributed by atoms with Gasteiger partial charge in [0.25, 0.3) is 11.7 Å². The number of rotatable bonds is 3. The second kappa shape index (κ2) is 7.86. The van der Waals surface area contributed by atoms with E-state index in [-0.39, 0.29) is 17.4 Å². The lowest BCUT2D eigenvalue weighted by molar-refractivity contribution is -0.141. The number of amides is 1. The second-order valence-corrected chi connectivity index (χ2v) is 8.22. The summed E-state index contributed by atoms with van der Waals surface area (Å²) in [6.07, 6.45) is 5.09. The van der Waals surface area contributed by atoms with Crippen molar-refractivity contribution in [3.8, 4) is 0 Å². The van der Waals surface area contributed by atoms with Gasteiger partial charge < -0.3 is 10.0 Å². The molecule has 1 N–H and O–H groups in total. The Morgan fingerprint density at radius 3 is 2.24 bits per heavy atom. The highest BCUT2D eigenvalue weighted by Crippen LogP contribution is 2.43. The van der Waals surface area contributed by atoms with Crippen LogP contribution in [0.3, 0.4) is 0 Å². The van der Waals surface area contributed by atoms with Gasteiger partial charge in [0.15, 0.2) is 0 Å². The zero-order valence-corrected chi connectivity index (χ0v) is 17.0. The SMILES string of the molecule is Cc1ccc(/C(O)=C2/C(=O)C(=O)N(C3CCCCC3)C2c2ccccc2C)cc1. The Bertz CT molecular complexity index is 968. The van der Waals surface area contributed by atoms with Gasteiger partial charge in [-0.3, -0.25) is 9.59 Å². The first-order chi connectivity index (χ1) is 14.0. The van der Waals surface area contributed by atoms with Gasteiger partial charge in [-0.1, -0.05) is 73.4 Å². The van der Waals surface area contributed by atoms with Crippen molar-refractivity contribution in [2.45, 2.75) is 58.0 Å². The van der Waals surface area contributed by atoms with E-state index in [2.05, 4.69) is 0 Å². The highest BCUT2D eigenvalue weighted by Gasteiger charge is 2.49. The summed E-state index contributed by atoms with van der Waals surface area (Å²) in [7, 11) is 0. The monoisotopic (exact) mass is 389 g/mol. The maximum Gasteiger partial charge on any atom is 0.295 e. The minimum absolute atomic E-state index is 0.0353. The van der Waals surface area contributed by atoms with E-state index in [0.717, 1.165) is 42.4 Å². The van der Waals surface area contributed by atoms with Crippen molar-refractivity contribution >= 4 is 17.4 Å². The Balaban J connectivity index is 1.89. The van der Waals surface area contributed by atoms with Gasteiger partial charge in [0.2, 0.25) is 0 Å². The van der Waals surface area contributed by atoms with E-state index >= 15 is 0 Å². The van der Waals surface area contributed by atoms with E-state index in [1.54, 1.807) is 17.0 Å². The third-order valence-corrected chi connectivity index (χ3v) is 6.26. The summed E-state index contributed by atoms with van der Waals surface area (Å²) < 4.78 is 0. The van der Waals surface area contributed by atoms with Crippen LogP contribution in [0, 0.1) is 13.8 Å². The number of benzene rings is 2. The smallest absolute Gasteiger partial charge is 0.295 e. The zero-order chi connectivity index (χ0) is 20.5. The fourth-order valence-corrected chi connectivity index (χ4v) is 4.65. The van der Waals surface area contributed by atoms with Crippen molar-refractivity contribution in [2.75, 3.05) is 0 Å². The van der Waals surface area contributed by atoms with E-state index in [0.29, 0.717) is 5.56 Å². The molecule has 1 aliphatic heterocycles. The lowest BCUT2D eigenvalue weighted by atomic mass is 9.89. The predicted molar refractivity (Wildman–Crippen MR) is 113 cm³/mol.